The first kappa shape index (κ1) is 12.4. The van der Waals surface area contributed by atoms with Gasteiger partial charge >= 0.3 is 0 Å². The summed E-state index contributed by atoms with van der Waals surface area (Å²) in [6.45, 7) is 2.15. The van der Waals surface area contributed by atoms with Crippen molar-refractivity contribution in [1.29, 1.82) is 0 Å². The maximum Gasteiger partial charge on any atom is 0.257 e. The third-order valence-electron chi connectivity index (χ3n) is 2.67. The number of nitrogens with one attached hydrogen (secondary N) is 1. The molecular weight excluding hydrogens is 238 g/mol. The third kappa shape index (κ3) is 2.62. The number of hydrogen-bond donors (Lipinski definition) is 3. The molecule has 2 atom stereocenters. The maximum atomic E-state index is 11.3. The van der Waals surface area contributed by atoms with Crippen LogP contribution in [-0.4, -0.2) is 28.5 Å². The summed E-state index contributed by atoms with van der Waals surface area (Å²) >= 11 is 1.63. The molecular formula is C12H15NO3S. The number of rotatable bonds is 4. The summed E-state index contributed by atoms with van der Waals surface area (Å²) in [5.41, 5.74) is 1.32. The van der Waals surface area contributed by atoms with Crippen molar-refractivity contribution in [3.8, 4) is 0 Å². The molecule has 1 heterocycles. The fraction of sp³-hybridized carbons (Fsp3) is 0.417. The minimum absolute atomic E-state index is 0.174. The van der Waals surface area contributed by atoms with E-state index in [1.807, 2.05) is 19.1 Å². The number of aliphatic hydroxyl groups is 2. The van der Waals surface area contributed by atoms with Gasteiger partial charge in [-0.15, -0.1) is 11.8 Å². The van der Waals surface area contributed by atoms with Crippen LogP contribution in [0.2, 0.25) is 0 Å². The van der Waals surface area contributed by atoms with Crippen molar-refractivity contribution < 1.29 is 15.0 Å². The SMILES string of the molecule is CC(CO)CSc1ccc2c(c1)NC(=O)C2O. The van der Waals surface area contributed by atoms with E-state index in [2.05, 4.69) is 5.32 Å². The van der Waals surface area contributed by atoms with Crippen LogP contribution in [0.1, 0.15) is 18.6 Å². The van der Waals surface area contributed by atoms with Gasteiger partial charge in [-0.2, -0.15) is 0 Å². The first-order valence-corrected chi connectivity index (χ1v) is 6.47. The van der Waals surface area contributed by atoms with Crippen LogP contribution in [0, 0.1) is 5.92 Å². The Balaban J connectivity index is 2.08. The van der Waals surface area contributed by atoms with Crippen molar-refractivity contribution >= 4 is 23.4 Å². The quantitative estimate of drug-likeness (QED) is 0.709. The predicted molar refractivity (Wildman–Crippen MR) is 67.0 cm³/mol. The highest BCUT2D eigenvalue weighted by Gasteiger charge is 2.28. The van der Waals surface area contributed by atoms with Gasteiger partial charge in [-0.05, 0) is 18.1 Å². The summed E-state index contributed by atoms with van der Waals surface area (Å²) in [7, 11) is 0. The van der Waals surface area contributed by atoms with Crippen molar-refractivity contribution in [2.24, 2.45) is 5.92 Å². The van der Waals surface area contributed by atoms with Crippen LogP contribution >= 0.6 is 11.8 Å². The number of thioether (sulfide) groups is 1. The second-order valence-electron chi connectivity index (χ2n) is 4.24. The molecule has 92 valence electrons. The Kier molecular flexibility index (Phi) is 3.71. The summed E-state index contributed by atoms with van der Waals surface area (Å²) in [5, 5.41) is 21.1. The number of carbonyl (C=O) groups is 1. The van der Waals surface area contributed by atoms with Crippen LogP contribution in [0.25, 0.3) is 0 Å². The molecule has 0 bridgehead atoms. The highest BCUT2D eigenvalue weighted by Crippen LogP contribution is 2.34. The van der Waals surface area contributed by atoms with E-state index in [4.69, 9.17) is 5.11 Å². The lowest BCUT2D eigenvalue weighted by atomic mass is 10.1. The van der Waals surface area contributed by atoms with Crippen LogP contribution in [0.15, 0.2) is 23.1 Å². The van der Waals surface area contributed by atoms with E-state index in [1.165, 1.54) is 0 Å². The average Bonchev–Trinajstić information content (AvgIpc) is 2.62. The number of carbonyl (C=O) groups excluding carboxylic acids is 1. The van der Waals surface area contributed by atoms with E-state index < -0.39 is 6.10 Å². The monoisotopic (exact) mass is 253 g/mol. The molecule has 1 aliphatic heterocycles. The van der Waals surface area contributed by atoms with Gasteiger partial charge in [0.15, 0.2) is 6.10 Å². The van der Waals surface area contributed by atoms with Crippen LogP contribution in [0.4, 0.5) is 5.69 Å². The standard InChI is InChI=1S/C12H15NO3S/c1-7(5-14)6-17-8-2-3-9-10(4-8)13-12(16)11(9)15/h2-4,7,11,14-15H,5-6H2,1H3,(H,13,16). The molecule has 0 aromatic heterocycles. The molecule has 4 nitrogen and oxygen atoms in total. The number of amides is 1. The van der Waals surface area contributed by atoms with Gasteiger partial charge in [0.1, 0.15) is 0 Å². The molecule has 0 radical (unpaired) electrons. The Bertz CT molecular complexity index is 436. The summed E-state index contributed by atoms with van der Waals surface area (Å²) in [5.74, 6) is 0.700. The normalized spacial score (nSPS) is 19.9. The summed E-state index contributed by atoms with van der Waals surface area (Å²) in [6.07, 6.45) is -1.04. The summed E-state index contributed by atoms with van der Waals surface area (Å²) < 4.78 is 0. The summed E-state index contributed by atoms with van der Waals surface area (Å²) in [4.78, 5) is 12.3. The second kappa shape index (κ2) is 5.08. The molecule has 2 rings (SSSR count). The van der Waals surface area contributed by atoms with Crippen molar-refractivity contribution in [3.63, 3.8) is 0 Å². The van der Waals surface area contributed by atoms with E-state index in [1.54, 1.807) is 17.8 Å². The summed E-state index contributed by atoms with van der Waals surface area (Å²) in [6, 6.07) is 5.51. The van der Waals surface area contributed by atoms with E-state index >= 15 is 0 Å². The fourth-order valence-electron chi connectivity index (χ4n) is 1.61. The fourth-order valence-corrected chi connectivity index (χ4v) is 2.55. The van der Waals surface area contributed by atoms with Crippen molar-refractivity contribution in [1.82, 2.24) is 0 Å². The van der Waals surface area contributed by atoms with Crippen LogP contribution in [0.5, 0.6) is 0 Å². The van der Waals surface area contributed by atoms with Gasteiger partial charge < -0.3 is 15.5 Å². The minimum Gasteiger partial charge on any atom is -0.396 e. The maximum absolute atomic E-state index is 11.3. The van der Waals surface area contributed by atoms with Gasteiger partial charge in [-0.1, -0.05) is 13.0 Å². The molecule has 1 aromatic rings. The molecule has 0 saturated carbocycles. The highest BCUT2D eigenvalue weighted by molar-refractivity contribution is 7.99. The smallest absolute Gasteiger partial charge is 0.257 e. The third-order valence-corrected chi connectivity index (χ3v) is 3.99. The Morgan fingerprint density at radius 3 is 3.00 bits per heavy atom. The van der Waals surface area contributed by atoms with Gasteiger partial charge in [0.05, 0.1) is 0 Å². The largest absolute Gasteiger partial charge is 0.396 e. The lowest BCUT2D eigenvalue weighted by Crippen LogP contribution is -2.10. The molecule has 1 aromatic carbocycles. The van der Waals surface area contributed by atoms with Crippen molar-refractivity contribution in [2.45, 2.75) is 17.9 Å². The van der Waals surface area contributed by atoms with Gasteiger partial charge in [-0.3, -0.25) is 4.79 Å². The zero-order valence-electron chi connectivity index (χ0n) is 9.51. The van der Waals surface area contributed by atoms with E-state index in [0.29, 0.717) is 11.3 Å². The Morgan fingerprint density at radius 2 is 2.29 bits per heavy atom. The lowest BCUT2D eigenvalue weighted by Gasteiger charge is -2.08. The van der Waals surface area contributed by atoms with E-state index in [9.17, 15) is 9.90 Å². The van der Waals surface area contributed by atoms with Gasteiger partial charge in [-0.25, -0.2) is 0 Å². The molecule has 0 aliphatic carbocycles. The topological polar surface area (TPSA) is 69.6 Å². The molecule has 3 N–H and O–H groups in total. The van der Waals surface area contributed by atoms with Gasteiger partial charge in [0.2, 0.25) is 0 Å². The van der Waals surface area contributed by atoms with Gasteiger partial charge in [0.25, 0.3) is 5.91 Å². The predicted octanol–water partition coefficient (Wildman–Crippen LogP) is 1.39. The van der Waals surface area contributed by atoms with Gasteiger partial charge in [0, 0.05) is 28.5 Å². The lowest BCUT2D eigenvalue weighted by molar-refractivity contribution is -0.123. The van der Waals surface area contributed by atoms with Crippen molar-refractivity contribution in [3.05, 3.63) is 23.8 Å². The van der Waals surface area contributed by atoms with E-state index in [0.717, 1.165) is 10.6 Å². The minimum atomic E-state index is -1.04. The molecule has 0 spiro atoms. The molecule has 5 heteroatoms. The molecule has 1 aliphatic rings. The van der Waals surface area contributed by atoms with Crippen LogP contribution < -0.4 is 5.32 Å². The first-order valence-electron chi connectivity index (χ1n) is 5.48. The van der Waals surface area contributed by atoms with Crippen LogP contribution in [-0.2, 0) is 4.79 Å². The molecule has 0 fully saturated rings. The Hall–Kier alpha value is -1.04. The number of aliphatic hydroxyl groups excluding tert-OH is 2. The Labute approximate surface area is 104 Å². The molecule has 2 unspecified atom stereocenters. The van der Waals surface area contributed by atoms with E-state index in [-0.39, 0.29) is 18.4 Å². The average molecular weight is 253 g/mol. The highest BCUT2D eigenvalue weighted by atomic mass is 32.2. The zero-order valence-corrected chi connectivity index (χ0v) is 10.3. The molecule has 1 amide bonds. The first-order chi connectivity index (χ1) is 8.11. The molecule has 0 saturated heterocycles. The number of hydrogen-bond acceptors (Lipinski definition) is 4. The van der Waals surface area contributed by atoms with Crippen molar-refractivity contribution in [2.75, 3.05) is 17.7 Å². The number of fused-ring (bicyclic) bond motifs is 1. The molecule has 17 heavy (non-hydrogen) atoms. The Morgan fingerprint density at radius 1 is 1.53 bits per heavy atom. The second-order valence-corrected chi connectivity index (χ2v) is 5.33. The van der Waals surface area contributed by atoms with Crippen LogP contribution in [0.3, 0.4) is 0 Å². The number of benzene rings is 1. The zero-order chi connectivity index (χ0) is 12.4. The number of anilines is 1.